The van der Waals surface area contributed by atoms with Crippen LogP contribution < -0.4 is 0 Å². The molecule has 0 atom stereocenters. The molecule has 0 aromatic heterocycles. The number of nitrogens with zero attached hydrogens (tertiary/aromatic N) is 1. The van der Waals surface area contributed by atoms with Crippen LogP contribution in [0.5, 0.6) is 0 Å². The van der Waals surface area contributed by atoms with E-state index in [-0.39, 0.29) is 18.6 Å². The van der Waals surface area contributed by atoms with Crippen LogP contribution in [0.25, 0.3) is 0 Å². The van der Waals surface area contributed by atoms with Gasteiger partial charge in [0.2, 0.25) is 0 Å². The van der Waals surface area contributed by atoms with Crippen LogP contribution in [0.4, 0.5) is 0 Å². The average Bonchev–Trinajstić information content (AvgIpc) is 0.918. The van der Waals surface area contributed by atoms with Crippen molar-refractivity contribution in [1.82, 2.24) is 0 Å². The molecule has 0 N–H and O–H groups in total. The molecule has 0 fully saturated rings. The maximum absolute atomic E-state index is 8.00. The van der Waals surface area contributed by atoms with Crippen LogP contribution >= 0.6 is 0 Å². The van der Waals surface area contributed by atoms with E-state index in [2.05, 4.69) is 0 Å². The summed E-state index contributed by atoms with van der Waals surface area (Å²) in [4.78, 5) is 8.00. The van der Waals surface area contributed by atoms with Gasteiger partial charge in [-0.3, -0.25) is 0 Å². The molecule has 0 amide bonds. The Labute approximate surface area is 34.8 Å². The Kier molecular flexibility index (Phi) is 27.3. The minimum Gasteiger partial charge on any atom is -0.444 e. The fourth-order valence-corrected chi connectivity index (χ4v) is 0. The molecular weight excluding hydrogens is 96.9 g/mol. The second kappa shape index (κ2) is 12.1. The molecule has 0 heterocycles. The molecule has 3 nitrogen and oxygen atoms in total. The summed E-state index contributed by atoms with van der Waals surface area (Å²) in [6, 6.07) is 0. The predicted octanol–water partition coefficient (Wildman–Crippen LogP) is 0.248. The Balaban J connectivity index is 0. The van der Waals surface area contributed by atoms with Gasteiger partial charge in [0.05, 0.1) is 0 Å². The normalized spacial score (nSPS) is 3.00. The maximum atomic E-state index is 8.00. The smallest absolute Gasteiger partial charge is 0 e. The van der Waals surface area contributed by atoms with Gasteiger partial charge in [0.25, 0.3) is 0 Å². The topological polar surface area (TPSA) is 52.5 Å². The summed E-state index contributed by atoms with van der Waals surface area (Å²) in [6.07, 6.45) is 0. The molecular formula is NO2V-. The van der Waals surface area contributed by atoms with E-state index in [0.29, 0.717) is 0 Å². The van der Waals surface area contributed by atoms with Gasteiger partial charge in [-0.1, -0.05) is 0 Å². The molecule has 0 bridgehead atoms. The van der Waals surface area contributed by atoms with Gasteiger partial charge in [-0.15, -0.1) is 5.34 Å². The van der Waals surface area contributed by atoms with E-state index >= 15 is 0 Å². The molecule has 0 unspecified atom stereocenters. The summed E-state index contributed by atoms with van der Waals surface area (Å²) in [5, 5.41) is 9.00. The molecule has 0 aliphatic carbocycles. The van der Waals surface area contributed by atoms with Gasteiger partial charge in [-0.25, -0.2) is 0 Å². The number of hydrogen-bond donors (Lipinski definition) is 0. The first-order chi connectivity index (χ1) is 1.41. The SMILES string of the molecule is O=N[O-].[V]. The predicted molar refractivity (Wildman–Crippen MR) is 9.16 cm³/mol. The second-order valence-corrected chi connectivity index (χ2v) is 0.0745. The molecule has 0 rings (SSSR count). The quantitative estimate of drug-likeness (QED) is 0.321. The van der Waals surface area contributed by atoms with E-state index in [1.807, 2.05) is 0 Å². The minimum atomic E-state index is 0. The van der Waals surface area contributed by atoms with Crippen LogP contribution in [0, 0.1) is 10.1 Å². The first-order valence-electron chi connectivity index (χ1n) is 0.365. The van der Waals surface area contributed by atoms with Crippen LogP contribution in [-0.2, 0) is 18.6 Å². The van der Waals surface area contributed by atoms with Crippen molar-refractivity contribution in [3.05, 3.63) is 10.1 Å². The van der Waals surface area contributed by atoms with E-state index < -0.39 is 0 Å². The molecule has 0 aromatic rings. The average molecular weight is 96.9 g/mol. The Morgan fingerprint density at radius 3 is 1.75 bits per heavy atom. The summed E-state index contributed by atoms with van der Waals surface area (Å²) in [5.41, 5.74) is 0. The van der Waals surface area contributed by atoms with Gasteiger partial charge in [-0.05, 0) is 0 Å². The fraction of sp³-hybridized carbons (Fsp3) is 0. The summed E-state index contributed by atoms with van der Waals surface area (Å²) < 4.78 is 0. The van der Waals surface area contributed by atoms with Crippen LogP contribution in [0.1, 0.15) is 0 Å². The first kappa shape index (κ1) is 9.01. The van der Waals surface area contributed by atoms with Crippen LogP contribution in [0.3, 0.4) is 0 Å². The van der Waals surface area contributed by atoms with Gasteiger partial charge in [-0.2, -0.15) is 0 Å². The molecule has 0 aliphatic rings. The molecule has 0 spiro atoms. The van der Waals surface area contributed by atoms with E-state index in [0.717, 1.165) is 5.34 Å². The van der Waals surface area contributed by atoms with Crippen molar-refractivity contribution in [3.8, 4) is 0 Å². The standard InChI is InChI=1S/HNO2.V/c2-1-3;/h(H,2,3);/p-1. The molecule has 0 aliphatic heterocycles. The Morgan fingerprint density at radius 1 is 1.75 bits per heavy atom. The van der Waals surface area contributed by atoms with E-state index in [9.17, 15) is 0 Å². The van der Waals surface area contributed by atoms with Crippen molar-refractivity contribution in [2.45, 2.75) is 0 Å². The van der Waals surface area contributed by atoms with Crippen molar-refractivity contribution < 1.29 is 18.6 Å². The van der Waals surface area contributed by atoms with Crippen molar-refractivity contribution in [2.75, 3.05) is 0 Å². The van der Waals surface area contributed by atoms with E-state index in [4.69, 9.17) is 10.1 Å². The monoisotopic (exact) mass is 96.9 g/mol. The number of hydrogen-bond acceptors (Lipinski definition) is 3. The summed E-state index contributed by atoms with van der Waals surface area (Å²) in [6.45, 7) is 0. The summed E-state index contributed by atoms with van der Waals surface area (Å²) >= 11 is 0. The van der Waals surface area contributed by atoms with Gasteiger partial charge in [0.1, 0.15) is 0 Å². The molecule has 4 heteroatoms. The third kappa shape index (κ3) is 7920. The fourth-order valence-electron chi connectivity index (χ4n) is 0. The second-order valence-electron chi connectivity index (χ2n) is 0.0745. The number of rotatable bonds is 0. The zero-order valence-corrected chi connectivity index (χ0v) is 3.11. The Morgan fingerprint density at radius 2 is 1.75 bits per heavy atom. The molecule has 0 aromatic carbocycles. The summed E-state index contributed by atoms with van der Waals surface area (Å²) in [5.74, 6) is 0. The first-order valence-corrected chi connectivity index (χ1v) is 0.365. The summed E-state index contributed by atoms with van der Waals surface area (Å²) in [7, 11) is 0. The minimum absolute atomic E-state index is 0. The van der Waals surface area contributed by atoms with Crippen molar-refractivity contribution >= 4 is 0 Å². The third-order valence-electron chi connectivity index (χ3n) is 0. The Bertz CT molecular complexity index is 13.5. The van der Waals surface area contributed by atoms with Crippen molar-refractivity contribution in [1.29, 1.82) is 0 Å². The van der Waals surface area contributed by atoms with Crippen LogP contribution in [0.2, 0.25) is 0 Å². The largest absolute Gasteiger partial charge is 0.444 e. The van der Waals surface area contributed by atoms with E-state index in [1.165, 1.54) is 0 Å². The molecule has 4 heavy (non-hydrogen) atoms. The van der Waals surface area contributed by atoms with Crippen LogP contribution in [-0.4, -0.2) is 0 Å². The molecule has 0 saturated heterocycles. The maximum Gasteiger partial charge on any atom is 0 e. The Hall–Kier alpha value is -0.0156. The van der Waals surface area contributed by atoms with E-state index in [1.54, 1.807) is 0 Å². The zero-order valence-electron chi connectivity index (χ0n) is 1.71. The van der Waals surface area contributed by atoms with Gasteiger partial charge < -0.3 is 10.1 Å². The van der Waals surface area contributed by atoms with Crippen molar-refractivity contribution in [3.63, 3.8) is 0 Å². The third-order valence-corrected chi connectivity index (χ3v) is 0. The molecule has 1 radical (unpaired) electrons. The van der Waals surface area contributed by atoms with Gasteiger partial charge >= 0.3 is 0 Å². The van der Waals surface area contributed by atoms with Gasteiger partial charge in [0, 0.05) is 18.6 Å². The van der Waals surface area contributed by atoms with Crippen LogP contribution in [0.15, 0.2) is 5.34 Å². The zero-order chi connectivity index (χ0) is 2.71. The molecule has 23 valence electrons. The van der Waals surface area contributed by atoms with Crippen molar-refractivity contribution in [2.24, 2.45) is 5.34 Å². The van der Waals surface area contributed by atoms with Gasteiger partial charge in [0.15, 0.2) is 0 Å². The molecule has 0 saturated carbocycles.